The molecular weight excluding hydrogens is 280 g/mol. The third kappa shape index (κ3) is 3.54. The number of carbonyl (C=O) groups excluding carboxylic acids is 1. The largest absolute Gasteiger partial charge is 0.337 e. The molecule has 1 aromatic carbocycles. The molecule has 3 nitrogen and oxygen atoms in total. The Kier molecular flexibility index (Phi) is 4.57. The highest BCUT2D eigenvalue weighted by Crippen LogP contribution is 2.13. The van der Waals surface area contributed by atoms with E-state index in [0.29, 0.717) is 0 Å². The molecule has 1 amide bonds. The molecule has 0 unspecified atom stereocenters. The van der Waals surface area contributed by atoms with Crippen molar-refractivity contribution < 1.29 is 4.79 Å². The van der Waals surface area contributed by atoms with Gasteiger partial charge in [0.15, 0.2) is 0 Å². The van der Waals surface area contributed by atoms with E-state index in [4.69, 9.17) is 0 Å². The van der Waals surface area contributed by atoms with Crippen LogP contribution >= 0.6 is 15.9 Å². The van der Waals surface area contributed by atoms with Crippen molar-refractivity contribution in [2.45, 2.75) is 12.8 Å². The monoisotopic (exact) mass is 296 g/mol. The molecule has 1 aliphatic heterocycles. The fourth-order valence-electron chi connectivity index (χ4n) is 1.98. The van der Waals surface area contributed by atoms with Crippen molar-refractivity contribution in [3.8, 4) is 0 Å². The minimum absolute atomic E-state index is 0.140. The van der Waals surface area contributed by atoms with E-state index >= 15 is 0 Å². The lowest BCUT2D eigenvalue weighted by atomic mass is 10.1. The molecule has 4 heteroatoms. The van der Waals surface area contributed by atoms with E-state index in [1.807, 2.05) is 29.2 Å². The van der Waals surface area contributed by atoms with Gasteiger partial charge in [0.1, 0.15) is 0 Å². The summed E-state index contributed by atoms with van der Waals surface area (Å²) < 4.78 is 1.00. The first-order valence-corrected chi connectivity index (χ1v) is 6.82. The zero-order valence-electron chi connectivity index (χ0n) is 9.79. The van der Waals surface area contributed by atoms with Crippen LogP contribution in [0.15, 0.2) is 28.7 Å². The molecule has 1 saturated heterocycles. The number of amides is 1. The normalized spacial score (nSPS) is 17.4. The molecular formula is C13H17BrN2O. The second kappa shape index (κ2) is 6.17. The standard InChI is InChI=1S/C13H17BrN2O/c14-12-5-3-11(4-6-12)13(17)16-9-2-1-7-15-8-10-16/h3-6,15H,1-2,7-10H2. The molecule has 0 spiro atoms. The number of halogens is 1. The van der Waals surface area contributed by atoms with Crippen molar-refractivity contribution in [1.82, 2.24) is 10.2 Å². The molecule has 1 heterocycles. The van der Waals surface area contributed by atoms with Gasteiger partial charge < -0.3 is 10.2 Å². The quantitative estimate of drug-likeness (QED) is 0.862. The van der Waals surface area contributed by atoms with Crippen molar-refractivity contribution in [3.05, 3.63) is 34.3 Å². The molecule has 0 atom stereocenters. The molecule has 1 aromatic rings. The van der Waals surface area contributed by atoms with Gasteiger partial charge in [-0.3, -0.25) is 4.79 Å². The first kappa shape index (κ1) is 12.6. The van der Waals surface area contributed by atoms with E-state index in [0.717, 1.165) is 49.1 Å². The summed E-state index contributed by atoms with van der Waals surface area (Å²) in [6, 6.07) is 7.57. The number of benzene rings is 1. The smallest absolute Gasteiger partial charge is 0.253 e. The Morgan fingerprint density at radius 2 is 1.88 bits per heavy atom. The van der Waals surface area contributed by atoms with Gasteiger partial charge in [0.05, 0.1) is 0 Å². The highest BCUT2D eigenvalue weighted by molar-refractivity contribution is 9.10. The summed E-state index contributed by atoms with van der Waals surface area (Å²) >= 11 is 3.38. The van der Waals surface area contributed by atoms with Gasteiger partial charge >= 0.3 is 0 Å². The van der Waals surface area contributed by atoms with E-state index in [1.54, 1.807) is 0 Å². The molecule has 0 radical (unpaired) electrons. The number of rotatable bonds is 1. The van der Waals surface area contributed by atoms with Crippen LogP contribution in [0.2, 0.25) is 0 Å². The fraction of sp³-hybridized carbons (Fsp3) is 0.462. The number of hydrogen-bond acceptors (Lipinski definition) is 2. The van der Waals surface area contributed by atoms with Crippen LogP contribution in [0.25, 0.3) is 0 Å². The maximum atomic E-state index is 12.3. The summed E-state index contributed by atoms with van der Waals surface area (Å²) in [5, 5.41) is 3.33. The van der Waals surface area contributed by atoms with E-state index in [1.165, 1.54) is 0 Å². The Bertz CT molecular complexity index is 370. The van der Waals surface area contributed by atoms with Gasteiger partial charge in [-0.2, -0.15) is 0 Å². The van der Waals surface area contributed by atoms with Gasteiger partial charge in [0.25, 0.3) is 5.91 Å². The van der Waals surface area contributed by atoms with Crippen molar-refractivity contribution in [2.75, 3.05) is 26.2 Å². The molecule has 1 N–H and O–H groups in total. The van der Waals surface area contributed by atoms with Crippen LogP contribution in [0.3, 0.4) is 0 Å². The first-order chi connectivity index (χ1) is 8.27. The highest BCUT2D eigenvalue weighted by atomic mass is 79.9. The second-order valence-corrected chi connectivity index (χ2v) is 5.17. The van der Waals surface area contributed by atoms with Crippen LogP contribution in [-0.2, 0) is 0 Å². The Balaban J connectivity index is 2.04. The van der Waals surface area contributed by atoms with E-state index < -0.39 is 0 Å². The molecule has 92 valence electrons. The molecule has 17 heavy (non-hydrogen) atoms. The average Bonchev–Trinajstić information content (AvgIpc) is 2.29. The van der Waals surface area contributed by atoms with Crippen molar-refractivity contribution in [1.29, 1.82) is 0 Å². The van der Waals surface area contributed by atoms with Gasteiger partial charge in [-0.25, -0.2) is 0 Å². The number of hydrogen-bond donors (Lipinski definition) is 1. The SMILES string of the molecule is O=C(c1ccc(Br)cc1)N1CCCCNCC1. The first-order valence-electron chi connectivity index (χ1n) is 6.03. The summed E-state index contributed by atoms with van der Waals surface area (Å²) in [5.41, 5.74) is 0.772. The molecule has 1 fully saturated rings. The summed E-state index contributed by atoms with van der Waals surface area (Å²) in [6.45, 7) is 3.63. The van der Waals surface area contributed by atoms with Gasteiger partial charge in [-0.05, 0) is 43.7 Å². The molecule has 0 bridgehead atoms. The van der Waals surface area contributed by atoms with Crippen molar-refractivity contribution in [3.63, 3.8) is 0 Å². The molecule has 2 rings (SSSR count). The van der Waals surface area contributed by atoms with Crippen LogP contribution in [0.4, 0.5) is 0 Å². The van der Waals surface area contributed by atoms with Crippen LogP contribution < -0.4 is 5.32 Å². The molecule has 0 aliphatic carbocycles. The number of nitrogens with one attached hydrogen (secondary N) is 1. The van der Waals surface area contributed by atoms with Crippen molar-refractivity contribution in [2.24, 2.45) is 0 Å². The van der Waals surface area contributed by atoms with Crippen molar-refractivity contribution >= 4 is 21.8 Å². The van der Waals surface area contributed by atoms with Gasteiger partial charge in [0.2, 0.25) is 0 Å². The number of carbonyl (C=O) groups is 1. The van der Waals surface area contributed by atoms with Gasteiger partial charge in [-0.1, -0.05) is 15.9 Å². The minimum Gasteiger partial charge on any atom is -0.337 e. The van der Waals surface area contributed by atoms with Crippen LogP contribution in [0, 0.1) is 0 Å². The highest BCUT2D eigenvalue weighted by Gasteiger charge is 2.15. The van der Waals surface area contributed by atoms with Gasteiger partial charge in [-0.15, -0.1) is 0 Å². The van der Waals surface area contributed by atoms with E-state index in [9.17, 15) is 4.79 Å². The maximum absolute atomic E-state index is 12.3. The third-order valence-corrected chi connectivity index (χ3v) is 3.50. The van der Waals surface area contributed by atoms with Gasteiger partial charge in [0, 0.05) is 29.7 Å². The van der Waals surface area contributed by atoms with E-state index in [-0.39, 0.29) is 5.91 Å². The fourth-order valence-corrected chi connectivity index (χ4v) is 2.25. The zero-order chi connectivity index (χ0) is 12.1. The third-order valence-electron chi connectivity index (χ3n) is 2.97. The summed E-state index contributed by atoms with van der Waals surface area (Å²) in [5.74, 6) is 0.140. The minimum atomic E-state index is 0.140. The maximum Gasteiger partial charge on any atom is 0.253 e. The number of nitrogens with zero attached hydrogens (tertiary/aromatic N) is 1. The Labute approximate surface area is 110 Å². The Morgan fingerprint density at radius 3 is 2.65 bits per heavy atom. The van der Waals surface area contributed by atoms with Crippen LogP contribution in [0.5, 0.6) is 0 Å². The molecule has 0 saturated carbocycles. The molecule has 1 aliphatic rings. The summed E-state index contributed by atoms with van der Waals surface area (Å²) in [6.07, 6.45) is 2.22. The lowest BCUT2D eigenvalue weighted by Crippen LogP contribution is -2.39. The zero-order valence-corrected chi connectivity index (χ0v) is 11.4. The summed E-state index contributed by atoms with van der Waals surface area (Å²) in [4.78, 5) is 14.2. The summed E-state index contributed by atoms with van der Waals surface area (Å²) in [7, 11) is 0. The second-order valence-electron chi connectivity index (χ2n) is 4.26. The Hall–Kier alpha value is -0.870. The average molecular weight is 297 g/mol. The van der Waals surface area contributed by atoms with Crippen LogP contribution in [-0.4, -0.2) is 37.0 Å². The Morgan fingerprint density at radius 1 is 1.12 bits per heavy atom. The molecule has 0 aromatic heterocycles. The van der Waals surface area contributed by atoms with Crippen LogP contribution in [0.1, 0.15) is 23.2 Å². The predicted octanol–water partition coefficient (Wildman–Crippen LogP) is 2.27. The lowest BCUT2D eigenvalue weighted by Gasteiger charge is -2.25. The lowest BCUT2D eigenvalue weighted by molar-refractivity contribution is 0.0748. The van der Waals surface area contributed by atoms with E-state index in [2.05, 4.69) is 21.2 Å². The topological polar surface area (TPSA) is 32.3 Å². The predicted molar refractivity (Wildman–Crippen MR) is 72.1 cm³/mol.